The van der Waals surface area contributed by atoms with Gasteiger partial charge >= 0.3 is 5.97 Å². The van der Waals surface area contributed by atoms with E-state index >= 15 is 0 Å². The first kappa shape index (κ1) is 14.5. The second kappa shape index (κ2) is 6.03. The molecule has 0 amide bonds. The van der Waals surface area contributed by atoms with Gasteiger partial charge in [-0.15, -0.1) is 0 Å². The van der Waals surface area contributed by atoms with Crippen LogP contribution in [0.25, 0.3) is 0 Å². The van der Waals surface area contributed by atoms with Gasteiger partial charge in [-0.3, -0.25) is 10.1 Å². The molecule has 2 rings (SSSR count). The van der Waals surface area contributed by atoms with Crippen molar-refractivity contribution in [3.8, 4) is 11.8 Å². The molecule has 0 aliphatic rings. The van der Waals surface area contributed by atoms with Crippen LogP contribution in [-0.2, 0) is 0 Å². The minimum atomic E-state index is -0.671. The number of carbonyl (C=O) groups is 1. The highest BCUT2D eigenvalue weighted by molar-refractivity contribution is 6.32. The number of halogens is 1. The molecule has 2 aromatic carbocycles. The lowest BCUT2D eigenvalue weighted by atomic mass is 10.1. The highest BCUT2D eigenvalue weighted by Gasteiger charge is 2.14. The van der Waals surface area contributed by atoms with E-state index in [4.69, 9.17) is 21.6 Å². The largest absolute Gasteiger partial charge is 0.421 e. The van der Waals surface area contributed by atoms with Crippen molar-refractivity contribution < 1.29 is 14.5 Å². The Bertz CT molecular complexity index is 751. The molecule has 21 heavy (non-hydrogen) atoms. The Kier molecular flexibility index (Phi) is 4.16. The zero-order valence-electron chi connectivity index (χ0n) is 10.4. The monoisotopic (exact) mass is 302 g/mol. The third kappa shape index (κ3) is 3.35. The number of carbonyl (C=O) groups excluding carboxylic acids is 1. The van der Waals surface area contributed by atoms with Gasteiger partial charge in [-0.25, -0.2) is 4.79 Å². The zero-order valence-corrected chi connectivity index (χ0v) is 11.2. The average Bonchev–Trinajstić information content (AvgIpc) is 2.49. The van der Waals surface area contributed by atoms with Gasteiger partial charge in [-0.2, -0.15) is 5.26 Å². The topological polar surface area (TPSA) is 93.2 Å². The van der Waals surface area contributed by atoms with Crippen LogP contribution in [0.5, 0.6) is 5.75 Å². The second-order valence-electron chi connectivity index (χ2n) is 3.95. The van der Waals surface area contributed by atoms with E-state index in [1.165, 1.54) is 36.4 Å². The predicted molar refractivity (Wildman–Crippen MR) is 74.2 cm³/mol. The molecule has 6 nitrogen and oxygen atoms in total. The van der Waals surface area contributed by atoms with Crippen LogP contribution >= 0.6 is 11.6 Å². The molecular formula is C14H7ClN2O4. The van der Waals surface area contributed by atoms with E-state index in [-0.39, 0.29) is 22.0 Å². The number of nitrogens with zero attached hydrogens (tertiary/aromatic N) is 2. The molecule has 0 bridgehead atoms. The summed E-state index contributed by atoms with van der Waals surface area (Å²) in [5, 5.41) is 19.2. The molecule has 0 saturated carbocycles. The predicted octanol–water partition coefficient (Wildman–Crippen LogP) is 3.34. The quantitative estimate of drug-likeness (QED) is 0.375. The fourth-order valence-corrected chi connectivity index (χ4v) is 1.74. The second-order valence-corrected chi connectivity index (χ2v) is 4.36. The van der Waals surface area contributed by atoms with Gasteiger partial charge in [-0.1, -0.05) is 11.6 Å². The maximum Gasteiger partial charge on any atom is 0.343 e. The molecule has 0 aliphatic heterocycles. The smallest absolute Gasteiger partial charge is 0.343 e. The average molecular weight is 303 g/mol. The first-order chi connectivity index (χ1) is 10.0. The summed E-state index contributed by atoms with van der Waals surface area (Å²) in [7, 11) is 0. The fraction of sp³-hybridized carbons (Fsp3) is 0. The van der Waals surface area contributed by atoms with E-state index < -0.39 is 10.9 Å². The van der Waals surface area contributed by atoms with Gasteiger partial charge in [-0.05, 0) is 30.3 Å². The van der Waals surface area contributed by atoms with Crippen molar-refractivity contribution >= 4 is 23.3 Å². The van der Waals surface area contributed by atoms with Crippen LogP contribution in [0.2, 0.25) is 5.02 Å². The molecule has 0 aromatic heterocycles. The Morgan fingerprint density at radius 1 is 1.24 bits per heavy atom. The van der Waals surface area contributed by atoms with E-state index in [1.54, 1.807) is 0 Å². The van der Waals surface area contributed by atoms with Gasteiger partial charge in [0.1, 0.15) is 5.75 Å². The summed E-state index contributed by atoms with van der Waals surface area (Å²) in [6, 6.07) is 11.3. The molecule has 0 heterocycles. The van der Waals surface area contributed by atoms with E-state index in [0.29, 0.717) is 5.56 Å². The molecule has 0 atom stereocenters. The van der Waals surface area contributed by atoms with Gasteiger partial charge < -0.3 is 4.74 Å². The van der Waals surface area contributed by atoms with Gasteiger partial charge in [0.25, 0.3) is 5.69 Å². The van der Waals surface area contributed by atoms with E-state index in [0.717, 1.165) is 6.07 Å². The number of rotatable bonds is 3. The summed E-state index contributed by atoms with van der Waals surface area (Å²) in [6.07, 6.45) is 0. The van der Waals surface area contributed by atoms with E-state index in [1.807, 2.05) is 6.07 Å². The summed E-state index contributed by atoms with van der Waals surface area (Å²) < 4.78 is 5.06. The lowest BCUT2D eigenvalue weighted by Gasteiger charge is -2.06. The van der Waals surface area contributed by atoms with Crippen LogP contribution in [0.15, 0.2) is 42.5 Å². The highest BCUT2D eigenvalue weighted by Crippen LogP contribution is 2.29. The Labute approximate surface area is 124 Å². The summed E-state index contributed by atoms with van der Waals surface area (Å²) in [5.74, 6) is -0.646. The van der Waals surface area contributed by atoms with E-state index in [9.17, 15) is 14.9 Å². The SMILES string of the molecule is N#Cc1ccc(C(=O)Oc2ccc([N+](=O)[O-])cc2Cl)cc1. The fourth-order valence-electron chi connectivity index (χ4n) is 1.53. The summed E-state index contributed by atoms with van der Waals surface area (Å²) in [6.45, 7) is 0. The van der Waals surface area contributed by atoms with Crippen LogP contribution < -0.4 is 4.74 Å². The van der Waals surface area contributed by atoms with Gasteiger partial charge in [0, 0.05) is 12.1 Å². The number of nitriles is 1. The van der Waals surface area contributed by atoms with Gasteiger partial charge in [0.05, 0.1) is 27.1 Å². The molecular weight excluding hydrogens is 296 g/mol. The van der Waals surface area contributed by atoms with Crippen LogP contribution in [0.3, 0.4) is 0 Å². The number of benzene rings is 2. The number of hydrogen-bond donors (Lipinski definition) is 0. The number of nitro benzene ring substituents is 1. The molecule has 0 unspecified atom stereocenters. The van der Waals surface area contributed by atoms with Gasteiger partial charge in [0.2, 0.25) is 0 Å². The number of esters is 1. The Morgan fingerprint density at radius 2 is 1.90 bits per heavy atom. The highest BCUT2D eigenvalue weighted by atomic mass is 35.5. The van der Waals surface area contributed by atoms with E-state index in [2.05, 4.69) is 0 Å². The Morgan fingerprint density at radius 3 is 2.43 bits per heavy atom. The first-order valence-corrected chi connectivity index (χ1v) is 6.05. The van der Waals surface area contributed by atoms with Crippen molar-refractivity contribution in [2.45, 2.75) is 0 Å². The first-order valence-electron chi connectivity index (χ1n) is 5.67. The molecule has 104 valence electrons. The normalized spacial score (nSPS) is 9.71. The molecule has 0 spiro atoms. The van der Waals surface area contributed by atoms with Crippen molar-refractivity contribution in [2.24, 2.45) is 0 Å². The van der Waals surface area contributed by atoms with Crippen LogP contribution in [0, 0.1) is 21.4 Å². The minimum Gasteiger partial charge on any atom is -0.421 e. The van der Waals surface area contributed by atoms with Crippen LogP contribution in [0.4, 0.5) is 5.69 Å². The summed E-state index contributed by atoms with van der Waals surface area (Å²) in [4.78, 5) is 21.9. The van der Waals surface area contributed by atoms with Crippen molar-refractivity contribution in [1.82, 2.24) is 0 Å². The standard InChI is InChI=1S/C14H7ClN2O4/c15-12-7-11(17(19)20)5-6-13(12)21-14(18)10-3-1-9(8-16)2-4-10/h1-7H. The van der Waals surface area contributed by atoms with Crippen LogP contribution in [0.1, 0.15) is 15.9 Å². The number of non-ortho nitro benzene ring substituents is 1. The molecule has 0 saturated heterocycles. The number of nitro groups is 1. The Balaban J connectivity index is 2.19. The van der Waals surface area contributed by atoms with Crippen LogP contribution in [-0.4, -0.2) is 10.9 Å². The molecule has 0 N–H and O–H groups in total. The summed E-state index contributed by atoms with van der Waals surface area (Å²) >= 11 is 5.83. The molecule has 0 fully saturated rings. The Hall–Kier alpha value is -2.91. The van der Waals surface area contributed by atoms with Crippen molar-refractivity contribution in [3.63, 3.8) is 0 Å². The third-order valence-electron chi connectivity index (χ3n) is 2.58. The van der Waals surface area contributed by atoms with Crippen molar-refractivity contribution in [1.29, 1.82) is 5.26 Å². The molecule has 2 aromatic rings. The number of hydrogen-bond acceptors (Lipinski definition) is 5. The minimum absolute atomic E-state index is 0.0247. The zero-order chi connectivity index (χ0) is 15.4. The lowest BCUT2D eigenvalue weighted by molar-refractivity contribution is -0.384. The molecule has 7 heteroatoms. The van der Waals surface area contributed by atoms with Gasteiger partial charge in [0.15, 0.2) is 0 Å². The lowest BCUT2D eigenvalue weighted by Crippen LogP contribution is -2.08. The summed E-state index contributed by atoms with van der Waals surface area (Å²) in [5.41, 5.74) is 0.460. The molecule has 0 radical (unpaired) electrons. The van der Waals surface area contributed by atoms with Crippen molar-refractivity contribution in [3.05, 3.63) is 68.7 Å². The third-order valence-corrected chi connectivity index (χ3v) is 2.87. The molecule has 0 aliphatic carbocycles. The van der Waals surface area contributed by atoms with Crippen molar-refractivity contribution in [2.75, 3.05) is 0 Å². The maximum atomic E-state index is 11.9. The maximum absolute atomic E-state index is 11.9. The number of ether oxygens (including phenoxy) is 1.